The van der Waals surface area contributed by atoms with E-state index in [-0.39, 0.29) is 17.7 Å². The minimum absolute atomic E-state index is 0.00185. The van der Waals surface area contributed by atoms with Crippen molar-refractivity contribution >= 4 is 11.8 Å². The molecule has 0 saturated carbocycles. The third kappa shape index (κ3) is 5.21. The van der Waals surface area contributed by atoms with E-state index in [0.29, 0.717) is 13.1 Å². The quantitative estimate of drug-likeness (QED) is 0.839. The zero-order valence-electron chi connectivity index (χ0n) is 13.4. The average Bonchev–Trinajstić information content (AvgIpc) is 2.49. The van der Waals surface area contributed by atoms with E-state index in [1.807, 2.05) is 51.1 Å². The molecule has 0 bridgehead atoms. The van der Waals surface area contributed by atoms with Crippen LogP contribution in [0.1, 0.15) is 39.7 Å². The largest absolute Gasteiger partial charge is 0.354 e. The van der Waals surface area contributed by atoms with E-state index in [2.05, 4.69) is 5.32 Å². The molecule has 1 atom stereocenters. The fourth-order valence-electron chi connectivity index (χ4n) is 2.05. The molecule has 1 aromatic carbocycles. The van der Waals surface area contributed by atoms with Crippen LogP contribution in [0.2, 0.25) is 0 Å². The summed E-state index contributed by atoms with van der Waals surface area (Å²) in [5.74, 6) is -0.227. The van der Waals surface area contributed by atoms with Gasteiger partial charge in [0.05, 0.1) is 0 Å². The van der Waals surface area contributed by atoms with Crippen LogP contribution >= 0.6 is 0 Å². The number of nitrogens with zero attached hydrogens (tertiary/aromatic N) is 1. The van der Waals surface area contributed by atoms with Gasteiger partial charge in [-0.15, -0.1) is 0 Å². The van der Waals surface area contributed by atoms with Crippen LogP contribution in [0.3, 0.4) is 0 Å². The van der Waals surface area contributed by atoms with Crippen molar-refractivity contribution in [1.82, 2.24) is 10.2 Å². The predicted octanol–water partition coefficient (Wildman–Crippen LogP) is 2.59. The standard InChI is InChI=1S/C17H26N2O2/c1-5-11-18-16(20)14(4)19(17(21)13(2)3)12-15-9-7-6-8-10-15/h6-10,13-14H,5,11-12H2,1-4H3,(H,18,20)/t14-/m1/s1. The fraction of sp³-hybridized carbons (Fsp3) is 0.529. The second-order valence-electron chi connectivity index (χ2n) is 5.57. The van der Waals surface area contributed by atoms with Crippen molar-refractivity contribution in [1.29, 1.82) is 0 Å². The summed E-state index contributed by atoms with van der Waals surface area (Å²) in [7, 11) is 0. The highest BCUT2D eigenvalue weighted by atomic mass is 16.2. The average molecular weight is 290 g/mol. The number of amides is 2. The molecular formula is C17H26N2O2. The smallest absolute Gasteiger partial charge is 0.242 e. The lowest BCUT2D eigenvalue weighted by molar-refractivity contribution is -0.143. The summed E-state index contributed by atoms with van der Waals surface area (Å²) in [5.41, 5.74) is 1.03. The molecule has 0 aliphatic rings. The third-order valence-corrected chi connectivity index (χ3v) is 3.37. The summed E-state index contributed by atoms with van der Waals surface area (Å²) in [6, 6.07) is 9.29. The van der Waals surface area contributed by atoms with Crippen molar-refractivity contribution in [3.63, 3.8) is 0 Å². The number of rotatable bonds is 7. The predicted molar refractivity (Wildman–Crippen MR) is 84.6 cm³/mol. The van der Waals surface area contributed by atoms with E-state index in [4.69, 9.17) is 0 Å². The normalized spacial score (nSPS) is 12.0. The van der Waals surface area contributed by atoms with E-state index in [1.54, 1.807) is 11.8 Å². The lowest BCUT2D eigenvalue weighted by Crippen LogP contribution is -2.49. The van der Waals surface area contributed by atoms with Gasteiger partial charge in [0, 0.05) is 19.0 Å². The summed E-state index contributed by atoms with van der Waals surface area (Å²) < 4.78 is 0. The Labute approximate surface area is 127 Å². The van der Waals surface area contributed by atoms with Gasteiger partial charge in [-0.3, -0.25) is 9.59 Å². The maximum Gasteiger partial charge on any atom is 0.242 e. The Balaban J connectivity index is 2.86. The highest BCUT2D eigenvalue weighted by molar-refractivity contribution is 5.88. The van der Waals surface area contributed by atoms with Crippen LogP contribution in [0.5, 0.6) is 0 Å². The van der Waals surface area contributed by atoms with Gasteiger partial charge in [0.1, 0.15) is 6.04 Å². The first-order valence-electron chi connectivity index (χ1n) is 7.59. The van der Waals surface area contributed by atoms with E-state index in [0.717, 1.165) is 12.0 Å². The van der Waals surface area contributed by atoms with Crippen molar-refractivity contribution in [3.8, 4) is 0 Å². The van der Waals surface area contributed by atoms with Gasteiger partial charge in [-0.1, -0.05) is 51.1 Å². The summed E-state index contributed by atoms with van der Waals surface area (Å²) in [6.07, 6.45) is 0.884. The van der Waals surface area contributed by atoms with Crippen LogP contribution in [-0.2, 0) is 16.1 Å². The van der Waals surface area contributed by atoms with Gasteiger partial charge < -0.3 is 10.2 Å². The van der Waals surface area contributed by atoms with E-state index in [9.17, 15) is 9.59 Å². The van der Waals surface area contributed by atoms with Crippen molar-refractivity contribution < 1.29 is 9.59 Å². The molecule has 1 N–H and O–H groups in total. The molecule has 116 valence electrons. The Hall–Kier alpha value is -1.84. The molecule has 0 heterocycles. The zero-order valence-corrected chi connectivity index (χ0v) is 13.4. The second-order valence-corrected chi connectivity index (χ2v) is 5.57. The Kier molecular flexibility index (Phi) is 6.92. The lowest BCUT2D eigenvalue weighted by atomic mass is 10.1. The fourth-order valence-corrected chi connectivity index (χ4v) is 2.05. The molecule has 0 radical (unpaired) electrons. The number of nitrogens with one attached hydrogen (secondary N) is 1. The van der Waals surface area contributed by atoms with Crippen molar-refractivity contribution in [2.75, 3.05) is 6.54 Å². The molecule has 0 fully saturated rings. The number of carbonyl (C=O) groups is 2. The van der Waals surface area contributed by atoms with Gasteiger partial charge in [0.2, 0.25) is 11.8 Å². The molecule has 0 saturated heterocycles. The summed E-state index contributed by atoms with van der Waals surface area (Å²) in [4.78, 5) is 26.2. The molecule has 0 aliphatic heterocycles. The number of hydrogen-bond acceptors (Lipinski definition) is 2. The molecule has 1 rings (SSSR count). The first-order chi connectivity index (χ1) is 9.97. The Morgan fingerprint density at radius 1 is 1.14 bits per heavy atom. The van der Waals surface area contributed by atoms with Crippen LogP contribution in [0.25, 0.3) is 0 Å². The summed E-state index contributed by atoms with van der Waals surface area (Å²) >= 11 is 0. The summed E-state index contributed by atoms with van der Waals surface area (Å²) in [6.45, 7) is 8.60. The molecule has 4 heteroatoms. The first-order valence-corrected chi connectivity index (χ1v) is 7.59. The van der Waals surface area contributed by atoms with Gasteiger partial charge in [-0.25, -0.2) is 0 Å². The van der Waals surface area contributed by atoms with Crippen molar-refractivity contribution in [2.45, 2.75) is 46.7 Å². The van der Waals surface area contributed by atoms with Crippen LogP contribution in [0.15, 0.2) is 30.3 Å². The maximum atomic E-state index is 12.4. The van der Waals surface area contributed by atoms with Gasteiger partial charge in [0.25, 0.3) is 0 Å². The molecule has 0 aliphatic carbocycles. The van der Waals surface area contributed by atoms with Gasteiger partial charge >= 0.3 is 0 Å². The van der Waals surface area contributed by atoms with E-state index < -0.39 is 6.04 Å². The van der Waals surface area contributed by atoms with Crippen molar-refractivity contribution in [3.05, 3.63) is 35.9 Å². The Morgan fingerprint density at radius 3 is 2.29 bits per heavy atom. The topological polar surface area (TPSA) is 49.4 Å². The molecule has 1 aromatic rings. The molecule has 0 unspecified atom stereocenters. The Morgan fingerprint density at radius 2 is 1.76 bits per heavy atom. The molecule has 2 amide bonds. The van der Waals surface area contributed by atoms with E-state index in [1.165, 1.54) is 0 Å². The highest BCUT2D eigenvalue weighted by Gasteiger charge is 2.27. The minimum Gasteiger partial charge on any atom is -0.354 e. The first kappa shape index (κ1) is 17.2. The number of carbonyl (C=O) groups excluding carboxylic acids is 2. The van der Waals surface area contributed by atoms with Crippen LogP contribution in [-0.4, -0.2) is 29.3 Å². The van der Waals surface area contributed by atoms with Crippen LogP contribution in [0.4, 0.5) is 0 Å². The van der Waals surface area contributed by atoms with E-state index >= 15 is 0 Å². The Bertz CT molecular complexity index is 457. The van der Waals surface area contributed by atoms with Crippen LogP contribution in [0, 0.1) is 5.92 Å². The third-order valence-electron chi connectivity index (χ3n) is 3.37. The number of benzene rings is 1. The van der Waals surface area contributed by atoms with Crippen LogP contribution < -0.4 is 5.32 Å². The summed E-state index contributed by atoms with van der Waals surface area (Å²) in [5, 5.41) is 2.86. The van der Waals surface area contributed by atoms with Crippen molar-refractivity contribution in [2.24, 2.45) is 5.92 Å². The molecule has 0 aromatic heterocycles. The zero-order chi connectivity index (χ0) is 15.8. The molecule has 0 spiro atoms. The maximum absolute atomic E-state index is 12.4. The molecular weight excluding hydrogens is 264 g/mol. The van der Waals surface area contributed by atoms with Gasteiger partial charge in [0.15, 0.2) is 0 Å². The van der Waals surface area contributed by atoms with Gasteiger partial charge in [-0.2, -0.15) is 0 Å². The van der Waals surface area contributed by atoms with Gasteiger partial charge in [-0.05, 0) is 18.9 Å². The minimum atomic E-state index is -0.466. The number of hydrogen-bond donors (Lipinski definition) is 1. The molecule has 21 heavy (non-hydrogen) atoms. The second kappa shape index (κ2) is 8.45. The molecule has 4 nitrogen and oxygen atoms in total. The highest BCUT2D eigenvalue weighted by Crippen LogP contribution is 2.13. The SMILES string of the molecule is CCCNC(=O)[C@@H](C)N(Cc1ccccc1)C(=O)C(C)C. The lowest BCUT2D eigenvalue weighted by Gasteiger charge is -2.30. The monoisotopic (exact) mass is 290 g/mol.